The zero-order valence-electron chi connectivity index (χ0n) is 17.5. The van der Waals surface area contributed by atoms with Crippen molar-refractivity contribution >= 4 is 34.0 Å². The largest absolute Gasteiger partial charge is 0.493 e. The van der Waals surface area contributed by atoms with E-state index < -0.39 is 0 Å². The second-order valence-corrected chi connectivity index (χ2v) is 7.53. The molecule has 29 heavy (non-hydrogen) atoms. The van der Waals surface area contributed by atoms with Crippen LogP contribution in [0, 0.1) is 0 Å². The molecule has 0 aliphatic carbocycles. The first-order valence-electron chi connectivity index (χ1n) is 8.90. The van der Waals surface area contributed by atoms with E-state index in [-0.39, 0.29) is 17.5 Å². The van der Waals surface area contributed by atoms with Gasteiger partial charge in [0.25, 0.3) is 11.8 Å². The first-order valence-corrected chi connectivity index (χ1v) is 9.78. The third-order valence-corrected chi connectivity index (χ3v) is 4.79. The Hall–Kier alpha value is -2.85. The Balaban J connectivity index is 2.16. The van der Waals surface area contributed by atoms with Gasteiger partial charge in [-0.2, -0.15) is 0 Å². The number of thiazole rings is 1. The van der Waals surface area contributed by atoms with Crippen molar-refractivity contribution in [1.29, 1.82) is 0 Å². The molecule has 0 bridgehead atoms. The van der Waals surface area contributed by atoms with Crippen molar-refractivity contribution in [3.05, 3.63) is 28.8 Å². The van der Waals surface area contributed by atoms with Crippen LogP contribution in [0.15, 0.2) is 17.5 Å². The second kappa shape index (κ2) is 10.1. The zero-order chi connectivity index (χ0) is 21.6. The SMILES string of the molecule is COc1cc(C(=O)Nc2nc(C(=O)NCCN(C)C)cs2)c(N(C)C)cc1OC. The second-order valence-electron chi connectivity index (χ2n) is 6.67. The highest BCUT2D eigenvalue weighted by atomic mass is 32.1. The average molecular weight is 422 g/mol. The summed E-state index contributed by atoms with van der Waals surface area (Å²) in [6, 6.07) is 3.35. The van der Waals surface area contributed by atoms with E-state index >= 15 is 0 Å². The molecule has 0 saturated carbocycles. The van der Waals surface area contributed by atoms with Crippen LogP contribution in [0.4, 0.5) is 10.8 Å². The summed E-state index contributed by atoms with van der Waals surface area (Å²) in [5, 5.41) is 7.50. The van der Waals surface area contributed by atoms with E-state index in [1.165, 1.54) is 25.6 Å². The van der Waals surface area contributed by atoms with Gasteiger partial charge < -0.3 is 24.6 Å². The van der Waals surface area contributed by atoms with Gasteiger partial charge in [0.05, 0.1) is 25.5 Å². The molecule has 2 amide bonds. The minimum absolute atomic E-state index is 0.268. The summed E-state index contributed by atoms with van der Waals surface area (Å²) in [5.41, 5.74) is 1.34. The molecule has 2 N–H and O–H groups in total. The highest BCUT2D eigenvalue weighted by Crippen LogP contribution is 2.35. The number of amides is 2. The van der Waals surface area contributed by atoms with Crippen LogP contribution in [0.3, 0.4) is 0 Å². The van der Waals surface area contributed by atoms with E-state index in [0.29, 0.717) is 34.4 Å². The van der Waals surface area contributed by atoms with E-state index in [4.69, 9.17) is 9.47 Å². The Labute approximate surface area is 174 Å². The van der Waals surface area contributed by atoms with Crippen molar-refractivity contribution in [2.75, 3.05) is 65.7 Å². The summed E-state index contributed by atoms with van der Waals surface area (Å²) in [6.45, 7) is 1.25. The summed E-state index contributed by atoms with van der Waals surface area (Å²) in [6.07, 6.45) is 0. The number of hydrogen-bond donors (Lipinski definition) is 2. The first kappa shape index (κ1) is 22.4. The van der Waals surface area contributed by atoms with Gasteiger partial charge in [0.15, 0.2) is 16.6 Å². The maximum absolute atomic E-state index is 12.9. The molecule has 0 atom stereocenters. The molecule has 1 heterocycles. The number of ether oxygens (including phenoxy) is 2. The van der Waals surface area contributed by atoms with Crippen molar-refractivity contribution in [2.24, 2.45) is 0 Å². The summed E-state index contributed by atoms with van der Waals surface area (Å²) >= 11 is 1.19. The molecular formula is C19H27N5O4S. The Morgan fingerprint density at radius 1 is 1.07 bits per heavy atom. The fourth-order valence-electron chi connectivity index (χ4n) is 2.50. The van der Waals surface area contributed by atoms with Crippen LogP contribution in [0.25, 0.3) is 0 Å². The molecule has 9 nitrogen and oxygen atoms in total. The van der Waals surface area contributed by atoms with Gasteiger partial charge in [0.1, 0.15) is 5.69 Å². The quantitative estimate of drug-likeness (QED) is 0.637. The zero-order valence-corrected chi connectivity index (χ0v) is 18.3. The summed E-state index contributed by atoms with van der Waals surface area (Å²) in [5.74, 6) is 0.342. The van der Waals surface area contributed by atoms with Crippen LogP contribution in [0.5, 0.6) is 11.5 Å². The molecule has 2 rings (SSSR count). The lowest BCUT2D eigenvalue weighted by Crippen LogP contribution is -2.31. The van der Waals surface area contributed by atoms with E-state index in [2.05, 4.69) is 15.6 Å². The lowest BCUT2D eigenvalue weighted by atomic mass is 10.1. The Kier molecular flexibility index (Phi) is 7.80. The number of nitrogens with zero attached hydrogens (tertiary/aromatic N) is 3. The monoisotopic (exact) mass is 421 g/mol. The summed E-state index contributed by atoms with van der Waals surface area (Å²) < 4.78 is 10.6. The molecular weight excluding hydrogens is 394 g/mol. The van der Waals surface area contributed by atoms with Crippen LogP contribution in [-0.2, 0) is 0 Å². The molecule has 0 fully saturated rings. The molecule has 0 aliphatic rings. The van der Waals surface area contributed by atoms with Crippen LogP contribution in [-0.4, -0.2) is 77.2 Å². The molecule has 0 saturated heterocycles. The number of hydrogen-bond acceptors (Lipinski definition) is 8. The smallest absolute Gasteiger partial charge is 0.270 e. The molecule has 0 spiro atoms. The highest BCUT2D eigenvalue weighted by molar-refractivity contribution is 7.14. The van der Waals surface area contributed by atoms with E-state index in [0.717, 1.165) is 6.54 Å². The van der Waals surface area contributed by atoms with Crippen molar-refractivity contribution in [3.8, 4) is 11.5 Å². The van der Waals surface area contributed by atoms with Gasteiger partial charge >= 0.3 is 0 Å². The molecule has 158 valence electrons. The normalized spacial score (nSPS) is 10.6. The number of likely N-dealkylation sites (N-methyl/N-ethyl adjacent to an activating group) is 1. The first-order chi connectivity index (χ1) is 13.8. The van der Waals surface area contributed by atoms with Crippen molar-refractivity contribution in [2.45, 2.75) is 0 Å². The fourth-order valence-corrected chi connectivity index (χ4v) is 3.19. The third kappa shape index (κ3) is 5.81. The summed E-state index contributed by atoms with van der Waals surface area (Å²) in [7, 11) is 10.6. The highest BCUT2D eigenvalue weighted by Gasteiger charge is 2.20. The average Bonchev–Trinajstić information content (AvgIpc) is 3.14. The molecule has 1 aromatic heterocycles. The molecule has 10 heteroatoms. The van der Waals surface area contributed by atoms with Crippen LogP contribution in [0.2, 0.25) is 0 Å². The minimum atomic E-state index is -0.358. The minimum Gasteiger partial charge on any atom is -0.493 e. The predicted octanol–water partition coefficient (Wildman–Crippen LogP) is 1.77. The number of carbonyl (C=O) groups excluding carboxylic acids is 2. The standard InChI is InChI=1S/C19H27N5O4S/c1-23(2)8-7-20-18(26)13-11-29-19(21-13)22-17(25)12-9-15(27-5)16(28-6)10-14(12)24(3)4/h9-11H,7-8H2,1-6H3,(H,20,26)(H,21,22,25). The number of aromatic nitrogens is 1. The van der Waals surface area contributed by atoms with Crippen LogP contribution < -0.4 is 25.0 Å². The van der Waals surface area contributed by atoms with Crippen molar-refractivity contribution in [1.82, 2.24) is 15.2 Å². The van der Waals surface area contributed by atoms with Crippen LogP contribution in [0.1, 0.15) is 20.8 Å². The third-order valence-electron chi connectivity index (χ3n) is 4.03. The molecule has 0 aliphatic heterocycles. The van der Waals surface area contributed by atoms with Gasteiger partial charge in [-0.1, -0.05) is 0 Å². The molecule has 0 unspecified atom stereocenters. The van der Waals surface area contributed by atoms with Crippen molar-refractivity contribution in [3.63, 3.8) is 0 Å². The fraction of sp³-hybridized carbons (Fsp3) is 0.421. The number of carbonyl (C=O) groups is 2. The molecule has 2 aromatic rings. The van der Waals surface area contributed by atoms with Crippen molar-refractivity contribution < 1.29 is 19.1 Å². The number of anilines is 2. The molecule has 1 aromatic carbocycles. The number of rotatable bonds is 9. The summed E-state index contributed by atoms with van der Waals surface area (Å²) in [4.78, 5) is 33.0. The Morgan fingerprint density at radius 3 is 2.31 bits per heavy atom. The van der Waals surface area contributed by atoms with E-state index in [1.807, 2.05) is 38.0 Å². The van der Waals surface area contributed by atoms with Gasteiger partial charge in [-0.25, -0.2) is 4.98 Å². The van der Waals surface area contributed by atoms with Gasteiger partial charge in [0.2, 0.25) is 0 Å². The Morgan fingerprint density at radius 2 is 1.72 bits per heavy atom. The predicted molar refractivity (Wildman–Crippen MR) is 115 cm³/mol. The van der Waals surface area contributed by atoms with Gasteiger partial charge in [-0.05, 0) is 20.2 Å². The van der Waals surface area contributed by atoms with Crippen LogP contribution >= 0.6 is 11.3 Å². The maximum atomic E-state index is 12.9. The number of benzene rings is 1. The Bertz CT molecular complexity index is 866. The van der Waals surface area contributed by atoms with E-state index in [9.17, 15) is 9.59 Å². The maximum Gasteiger partial charge on any atom is 0.270 e. The van der Waals surface area contributed by atoms with Gasteiger partial charge in [0, 0.05) is 38.6 Å². The number of nitrogens with one attached hydrogen (secondary N) is 2. The van der Waals surface area contributed by atoms with Gasteiger partial charge in [-0.15, -0.1) is 11.3 Å². The molecule has 0 radical (unpaired) electrons. The van der Waals surface area contributed by atoms with Gasteiger partial charge in [-0.3, -0.25) is 14.9 Å². The topological polar surface area (TPSA) is 96.0 Å². The lowest BCUT2D eigenvalue weighted by Gasteiger charge is -2.19. The lowest BCUT2D eigenvalue weighted by molar-refractivity contribution is 0.0945. The number of methoxy groups -OCH3 is 2. The van der Waals surface area contributed by atoms with E-state index in [1.54, 1.807) is 17.5 Å².